The van der Waals surface area contributed by atoms with Crippen molar-refractivity contribution in [3.8, 4) is 0 Å². The first-order chi connectivity index (χ1) is 12.3. The predicted octanol–water partition coefficient (Wildman–Crippen LogP) is 4.47. The Morgan fingerprint density at radius 2 is 2.00 bits per heavy atom. The van der Waals surface area contributed by atoms with Crippen molar-refractivity contribution in [2.24, 2.45) is 11.8 Å². The van der Waals surface area contributed by atoms with Crippen LogP contribution in [0.5, 0.6) is 0 Å². The summed E-state index contributed by atoms with van der Waals surface area (Å²) in [5, 5.41) is 4.37. The van der Waals surface area contributed by atoms with Crippen molar-refractivity contribution in [2.75, 3.05) is 6.61 Å². The summed E-state index contributed by atoms with van der Waals surface area (Å²) in [4.78, 5) is 16.2. The standard InChI is InChI=1S/C17H19ClF3N3O2/c1-2-26-16(25)13-9-15-22-12(8-14(18)24(15)23-13)7-10-3-5-11(6-4-10)17(19,20)21/h8-11H,2-7H2,1H3. The van der Waals surface area contributed by atoms with E-state index in [0.29, 0.717) is 35.8 Å². The zero-order valence-electron chi connectivity index (χ0n) is 14.2. The van der Waals surface area contributed by atoms with Gasteiger partial charge in [-0.3, -0.25) is 0 Å². The minimum absolute atomic E-state index is 0.115. The van der Waals surface area contributed by atoms with Crippen LogP contribution in [0.2, 0.25) is 5.15 Å². The zero-order chi connectivity index (χ0) is 18.9. The van der Waals surface area contributed by atoms with E-state index in [4.69, 9.17) is 16.3 Å². The first kappa shape index (κ1) is 18.9. The highest BCUT2D eigenvalue weighted by Crippen LogP contribution is 2.40. The van der Waals surface area contributed by atoms with Gasteiger partial charge in [0.15, 0.2) is 11.3 Å². The maximum atomic E-state index is 12.8. The molecule has 0 amide bonds. The molecule has 142 valence electrons. The van der Waals surface area contributed by atoms with Crippen LogP contribution in [0.1, 0.15) is 48.8 Å². The zero-order valence-corrected chi connectivity index (χ0v) is 15.0. The lowest BCUT2D eigenvalue weighted by Crippen LogP contribution is -2.28. The maximum Gasteiger partial charge on any atom is 0.391 e. The van der Waals surface area contributed by atoms with Gasteiger partial charge in [0.25, 0.3) is 0 Å². The van der Waals surface area contributed by atoms with E-state index in [9.17, 15) is 18.0 Å². The Balaban J connectivity index is 1.72. The second-order valence-corrected chi connectivity index (χ2v) is 6.94. The molecule has 0 aromatic carbocycles. The Bertz CT molecular complexity index is 798. The maximum absolute atomic E-state index is 12.8. The van der Waals surface area contributed by atoms with E-state index in [0.717, 1.165) is 0 Å². The van der Waals surface area contributed by atoms with Crippen LogP contribution in [-0.4, -0.2) is 33.4 Å². The number of carbonyl (C=O) groups excluding carboxylic acids is 1. The average Bonchev–Trinajstić information content (AvgIpc) is 2.99. The van der Waals surface area contributed by atoms with Crippen LogP contribution in [0.3, 0.4) is 0 Å². The van der Waals surface area contributed by atoms with E-state index in [-0.39, 0.29) is 31.1 Å². The average molecular weight is 390 g/mol. The molecule has 0 unspecified atom stereocenters. The van der Waals surface area contributed by atoms with Crippen molar-refractivity contribution in [1.82, 2.24) is 14.6 Å². The second kappa shape index (κ2) is 7.42. The first-order valence-electron chi connectivity index (χ1n) is 8.57. The van der Waals surface area contributed by atoms with Gasteiger partial charge in [-0.15, -0.1) is 0 Å². The van der Waals surface area contributed by atoms with Crippen LogP contribution in [0, 0.1) is 11.8 Å². The number of rotatable bonds is 4. The van der Waals surface area contributed by atoms with E-state index < -0.39 is 18.1 Å². The van der Waals surface area contributed by atoms with Gasteiger partial charge in [0, 0.05) is 11.8 Å². The minimum Gasteiger partial charge on any atom is -0.461 e. The van der Waals surface area contributed by atoms with Gasteiger partial charge in [0.05, 0.1) is 12.5 Å². The molecule has 9 heteroatoms. The van der Waals surface area contributed by atoms with Gasteiger partial charge in [-0.2, -0.15) is 18.3 Å². The van der Waals surface area contributed by atoms with Gasteiger partial charge in [0.2, 0.25) is 0 Å². The number of ether oxygens (including phenoxy) is 1. The fraction of sp³-hybridized carbons (Fsp3) is 0.588. The molecule has 1 fully saturated rings. The van der Waals surface area contributed by atoms with Crippen molar-refractivity contribution >= 4 is 23.2 Å². The number of hydrogen-bond acceptors (Lipinski definition) is 4. The molecule has 0 spiro atoms. The highest BCUT2D eigenvalue weighted by Gasteiger charge is 2.41. The summed E-state index contributed by atoms with van der Waals surface area (Å²) in [6.07, 6.45) is -2.20. The van der Waals surface area contributed by atoms with Gasteiger partial charge >= 0.3 is 12.1 Å². The fourth-order valence-corrected chi connectivity index (χ4v) is 3.64. The van der Waals surface area contributed by atoms with Gasteiger partial charge in [-0.05, 0) is 51.0 Å². The van der Waals surface area contributed by atoms with Crippen molar-refractivity contribution in [3.63, 3.8) is 0 Å². The third-order valence-corrected chi connectivity index (χ3v) is 5.00. The number of aromatic nitrogens is 3. The molecule has 5 nitrogen and oxygen atoms in total. The van der Waals surface area contributed by atoms with Gasteiger partial charge in [-0.1, -0.05) is 11.6 Å². The Hall–Kier alpha value is -1.83. The smallest absolute Gasteiger partial charge is 0.391 e. The van der Waals surface area contributed by atoms with E-state index in [1.807, 2.05) is 0 Å². The molecule has 0 radical (unpaired) electrons. The molecular formula is C17H19ClF3N3O2. The van der Waals surface area contributed by atoms with Crippen LogP contribution in [0.15, 0.2) is 12.1 Å². The van der Waals surface area contributed by atoms with Crippen LogP contribution < -0.4 is 0 Å². The molecule has 0 bridgehead atoms. The first-order valence-corrected chi connectivity index (χ1v) is 8.94. The number of carbonyl (C=O) groups is 1. The van der Waals surface area contributed by atoms with E-state index in [2.05, 4.69) is 10.1 Å². The second-order valence-electron chi connectivity index (χ2n) is 6.55. The van der Waals surface area contributed by atoms with Crippen molar-refractivity contribution in [3.05, 3.63) is 28.7 Å². The summed E-state index contributed by atoms with van der Waals surface area (Å²) < 4.78 is 44.6. The lowest BCUT2D eigenvalue weighted by atomic mass is 9.79. The molecule has 3 rings (SSSR count). The van der Waals surface area contributed by atoms with Crippen molar-refractivity contribution < 1.29 is 22.7 Å². The van der Waals surface area contributed by atoms with Crippen molar-refractivity contribution in [2.45, 2.75) is 45.2 Å². The minimum atomic E-state index is -4.10. The molecule has 2 heterocycles. The molecule has 0 N–H and O–H groups in total. The van der Waals surface area contributed by atoms with E-state index in [1.54, 1.807) is 13.0 Å². The van der Waals surface area contributed by atoms with Gasteiger partial charge in [0.1, 0.15) is 5.15 Å². The van der Waals surface area contributed by atoms with Gasteiger partial charge in [-0.25, -0.2) is 14.3 Å². The Kier molecular flexibility index (Phi) is 5.41. The summed E-state index contributed by atoms with van der Waals surface area (Å²) in [5.74, 6) is -1.60. The number of alkyl halides is 3. The molecule has 26 heavy (non-hydrogen) atoms. The lowest BCUT2D eigenvalue weighted by Gasteiger charge is -2.29. The summed E-state index contributed by atoms with van der Waals surface area (Å²) in [6.45, 7) is 1.93. The number of halogens is 4. The monoisotopic (exact) mass is 389 g/mol. The van der Waals surface area contributed by atoms with E-state index in [1.165, 1.54) is 10.6 Å². The highest BCUT2D eigenvalue weighted by molar-refractivity contribution is 6.29. The molecule has 0 atom stereocenters. The van der Waals surface area contributed by atoms with Crippen molar-refractivity contribution in [1.29, 1.82) is 0 Å². The SMILES string of the molecule is CCOC(=O)c1cc2nc(CC3CCC(C(F)(F)F)CC3)cc(Cl)n2n1. The number of fused-ring (bicyclic) bond motifs is 1. The Morgan fingerprint density at radius 3 is 2.62 bits per heavy atom. The molecule has 1 saturated carbocycles. The van der Waals surface area contributed by atoms with Crippen LogP contribution in [0.25, 0.3) is 5.65 Å². The summed E-state index contributed by atoms with van der Waals surface area (Å²) in [5.41, 5.74) is 1.22. The fourth-order valence-electron chi connectivity index (χ4n) is 3.39. The molecular weight excluding hydrogens is 371 g/mol. The number of nitrogens with zero attached hydrogens (tertiary/aromatic N) is 3. The lowest BCUT2D eigenvalue weighted by molar-refractivity contribution is -0.183. The summed E-state index contributed by atoms with van der Waals surface area (Å²) in [6, 6.07) is 3.14. The van der Waals surface area contributed by atoms with Crippen LogP contribution >= 0.6 is 11.6 Å². The number of esters is 1. The van der Waals surface area contributed by atoms with Crippen LogP contribution in [-0.2, 0) is 11.2 Å². The topological polar surface area (TPSA) is 56.5 Å². The summed E-state index contributed by atoms with van der Waals surface area (Å²) >= 11 is 6.22. The molecule has 1 aliphatic carbocycles. The normalized spacial score (nSPS) is 21.1. The Labute approximate surface area is 153 Å². The quantitative estimate of drug-likeness (QED) is 0.572. The summed E-state index contributed by atoms with van der Waals surface area (Å²) in [7, 11) is 0. The molecule has 0 saturated heterocycles. The third-order valence-electron chi connectivity index (χ3n) is 4.73. The van der Waals surface area contributed by atoms with Gasteiger partial charge < -0.3 is 4.74 Å². The molecule has 1 aliphatic rings. The highest BCUT2D eigenvalue weighted by atomic mass is 35.5. The number of hydrogen-bond donors (Lipinski definition) is 0. The predicted molar refractivity (Wildman–Crippen MR) is 89.2 cm³/mol. The van der Waals surface area contributed by atoms with E-state index >= 15 is 0 Å². The largest absolute Gasteiger partial charge is 0.461 e. The Morgan fingerprint density at radius 1 is 1.31 bits per heavy atom. The molecule has 2 aromatic rings. The van der Waals surface area contributed by atoms with Crippen LogP contribution in [0.4, 0.5) is 13.2 Å². The molecule has 2 aromatic heterocycles. The third kappa shape index (κ3) is 4.11. The molecule has 0 aliphatic heterocycles.